The first-order valence-electron chi connectivity index (χ1n) is 10.5. The molecule has 0 amide bonds. The van der Waals surface area contributed by atoms with Gasteiger partial charge in [0.25, 0.3) is 11.4 Å². The number of nitrogens with zero attached hydrogens (tertiary/aromatic N) is 6. The Morgan fingerprint density at radius 1 is 0.400 bits per heavy atom. The highest BCUT2D eigenvalue weighted by molar-refractivity contribution is 5.85. The van der Waals surface area contributed by atoms with Crippen molar-refractivity contribution in [2.45, 2.75) is 0 Å². The molecule has 0 aliphatic heterocycles. The van der Waals surface area contributed by atoms with E-state index in [1.165, 1.54) is 0 Å². The topological polar surface area (TPSA) is 259 Å². The van der Waals surface area contributed by atoms with Crippen molar-refractivity contribution >= 4 is 58.4 Å². The van der Waals surface area contributed by atoms with Crippen molar-refractivity contribution in [3.63, 3.8) is 0 Å². The molecule has 0 N–H and O–H groups in total. The van der Waals surface area contributed by atoms with E-state index in [0.29, 0.717) is 6.07 Å². The zero-order valence-electron chi connectivity index (χ0n) is 19.5. The molecule has 18 nitrogen and oxygen atoms in total. The van der Waals surface area contributed by atoms with Crippen molar-refractivity contribution in [3.05, 3.63) is 131 Å². The number of para-hydroxylation sites is 2. The quantitative estimate of drug-likeness (QED) is 0.172. The molecule has 0 atom stereocenters. The third-order valence-corrected chi connectivity index (χ3v) is 5.30. The van der Waals surface area contributed by atoms with Crippen LogP contribution in [0.5, 0.6) is 0 Å². The maximum Gasteiger partial charge on any atom is 0.353 e. The molecule has 3 rings (SSSR count). The van der Waals surface area contributed by atoms with Crippen LogP contribution in [0.3, 0.4) is 0 Å². The smallest absolute Gasteiger partial charge is 0.258 e. The van der Waals surface area contributed by atoms with Crippen LogP contribution >= 0.6 is 0 Å². The Morgan fingerprint density at radius 3 is 1.02 bits per heavy atom. The number of rotatable bonds is 10. The molecule has 3 aromatic rings. The van der Waals surface area contributed by atoms with E-state index in [2.05, 4.69) is 0 Å². The van der Waals surface area contributed by atoms with Crippen LogP contribution in [0.2, 0.25) is 0 Å². The summed E-state index contributed by atoms with van der Waals surface area (Å²) in [6.45, 7) is 0. The lowest BCUT2D eigenvalue weighted by Crippen LogP contribution is -1.99. The maximum absolute atomic E-state index is 11.6. The Morgan fingerprint density at radius 2 is 0.725 bits per heavy atom. The average Bonchev–Trinajstić information content (AvgIpc) is 2.89. The van der Waals surface area contributed by atoms with Crippen molar-refractivity contribution in [2.24, 2.45) is 0 Å². The van der Waals surface area contributed by atoms with Gasteiger partial charge in [-0.1, -0.05) is 12.1 Å². The van der Waals surface area contributed by atoms with Gasteiger partial charge in [0.15, 0.2) is 0 Å². The van der Waals surface area contributed by atoms with Gasteiger partial charge in [-0.05, 0) is 42.5 Å². The lowest BCUT2D eigenvalue weighted by atomic mass is 10.0. The Labute approximate surface area is 220 Å². The van der Waals surface area contributed by atoms with Crippen LogP contribution in [-0.2, 0) is 0 Å². The highest BCUT2D eigenvalue weighted by atomic mass is 16.7. The van der Waals surface area contributed by atoms with Crippen LogP contribution in [0.25, 0.3) is 24.3 Å². The zero-order valence-corrected chi connectivity index (χ0v) is 19.5. The van der Waals surface area contributed by atoms with Crippen molar-refractivity contribution in [1.29, 1.82) is 0 Å². The third-order valence-electron chi connectivity index (χ3n) is 5.30. The van der Waals surface area contributed by atoms with Gasteiger partial charge < -0.3 is 0 Å². The summed E-state index contributed by atoms with van der Waals surface area (Å²) in [4.78, 5) is 62.6. The predicted octanol–water partition coefficient (Wildman–Crippen LogP) is 5.48. The minimum atomic E-state index is -1.01. The third kappa shape index (κ3) is 5.75. The minimum Gasteiger partial charge on any atom is -0.258 e. The van der Waals surface area contributed by atoms with Crippen molar-refractivity contribution in [2.75, 3.05) is 0 Å². The van der Waals surface area contributed by atoms with Crippen LogP contribution in [0.15, 0.2) is 48.5 Å². The minimum absolute atomic E-state index is 0.295. The molecule has 0 saturated heterocycles. The average molecular weight is 552 g/mol. The Hall–Kier alpha value is -6.46. The predicted molar refractivity (Wildman–Crippen MR) is 137 cm³/mol. The fraction of sp³-hybridized carbons (Fsp3) is 0. The van der Waals surface area contributed by atoms with Crippen LogP contribution in [0.1, 0.15) is 22.3 Å². The summed E-state index contributed by atoms with van der Waals surface area (Å²) in [5.74, 6) is 0. The molecular weight excluding hydrogens is 540 g/mol. The van der Waals surface area contributed by atoms with Gasteiger partial charge in [-0.15, -0.1) is 0 Å². The molecule has 0 heterocycles. The Balaban J connectivity index is 2.22. The summed E-state index contributed by atoms with van der Waals surface area (Å²) in [6.07, 6.45) is 3.89. The Kier molecular flexibility index (Phi) is 7.94. The standard InChI is InChI=1S/C22H12N6O12/c29-23(30)17-5-1-3-13(21(17)27(37)38)7-9-15-11-16(20(26(35)36)12-19(15)25(33)34)10-8-14-4-2-6-18(24(31)32)22(14)28(39)40/h1-12H/b9-7-,10-8+. The molecular formula is C22H12N6O12. The van der Waals surface area contributed by atoms with E-state index in [4.69, 9.17) is 0 Å². The van der Waals surface area contributed by atoms with Gasteiger partial charge in [-0.2, -0.15) is 0 Å². The zero-order chi connectivity index (χ0) is 29.7. The van der Waals surface area contributed by atoms with Crippen molar-refractivity contribution in [1.82, 2.24) is 0 Å². The molecule has 0 aromatic heterocycles. The summed E-state index contributed by atoms with van der Waals surface area (Å²) in [6, 6.07) is 7.88. The van der Waals surface area contributed by atoms with Gasteiger partial charge >= 0.3 is 22.7 Å². The fourth-order valence-electron chi connectivity index (χ4n) is 3.61. The van der Waals surface area contributed by atoms with E-state index in [1.807, 2.05) is 0 Å². The summed E-state index contributed by atoms with van der Waals surface area (Å²) < 4.78 is 0. The van der Waals surface area contributed by atoms with Gasteiger partial charge in [0, 0.05) is 12.1 Å². The highest BCUT2D eigenvalue weighted by Gasteiger charge is 2.29. The highest BCUT2D eigenvalue weighted by Crippen LogP contribution is 2.36. The molecule has 0 unspecified atom stereocenters. The molecule has 3 aromatic carbocycles. The molecule has 40 heavy (non-hydrogen) atoms. The normalized spacial score (nSPS) is 11.0. The molecule has 0 saturated carbocycles. The Bertz CT molecular complexity index is 1560. The van der Waals surface area contributed by atoms with Gasteiger partial charge in [-0.3, -0.25) is 60.7 Å². The van der Waals surface area contributed by atoms with Gasteiger partial charge in [0.05, 0.1) is 57.9 Å². The molecule has 0 fully saturated rings. The summed E-state index contributed by atoms with van der Waals surface area (Å²) in [7, 11) is 0. The van der Waals surface area contributed by atoms with Gasteiger partial charge in [0.1, 0.15) is 0 Å². The SMILES string of the molecule is O=[N+]([O-])c1cc([N+](=O)[O-])c(/C=C/c2cccc([N+](=O)[O-])c2[N+](=O)[O-])cc1/C=C\c1cccc([N+](=O)[O-])c1[N+](=O)[O-]. The lowest BCUT2D eigenvalue weighted by molar-refractivity contribution is -0.422. The second-order valence-electron chi connectivity index (χ2n) is 7.61. The molecule has 0 aliphatic carbocycles. The fourth-order valence-corrected chi connectivity index (χ4v) is 3.61. The summed E-state index contributed by atoms with van der Waals surface area (Å²) in [5, 5.41) is 68.6. The van der Waals surface area contributed by atoms with Crippen molar-refractivity contribution in [3.8, 4) is 0 Å². The van der Waals surface area contributed by atoms with E-state index in [9.17, 15) is 60.7 Å². The number of benzene rings is 3. The lowest BCUT2D eigenvalue weighted by Gasteiger charge is -2.04. The molecule has 0 aliphatic rings. The second-order valence-corrected chi connectivity index (χ2v) is 7.61. The van der Waals surface area contributed by atoms with Crippen molar-refractivity contribution < 1.29 is 29.5 Å². The molecule has 18 heteroatoms. The molecule has 202 valence electrons. The molecule has 0 bridgehead atoms. The van der Waals surface area contributed by atoms with Crippen LogP contribution in [0, 0.1) is 60.7 Å². The van der Waals surface area contributed by atoms with Gasteiger partial charge in [0.2, 0.25) is 0 Å². The van der Waals surface area contributed by atoms with Crippen LogP contribution < -0.4 is 0 Å². The van der Waals surface area contributed by atoms with Crippen LogP contribution in [-0.4, -0.2) is 29.5 Å². The first-order valence-corrected chi connectivity index (χ1v) is 10.5. The molecule has 0 radical (unpaired) electrons. The monoisotopic (exact) mass is 552 g/mol. The van der Waals surface area contributed by atoms with E-state index in [-0.39, 0.29) is 22.3 Å². The number of nitro benzene ring substituents is 6. The second kappa shape index (κ2) is 11.3. The van der Waals surface area contributed by atoms with E-state index in [0.717, 1.165) is 66.8 Å². The first kappa shape index (κ1) is 28.1. The largest absolute Gasteiger partial charge is 0.353 e. The number of hydrogen-bond acceptors (Lipinski definition) is 12. The van der Waals surface area contributed by atoms with E-state index in [1.54, 1.807) is 0 Å². The number of nitro groups is 6. The van der Waals surface area contributed by atoms with E-state index >= 15 is 0 Å². The summed E-state index contributed by atoms with van der Waals surface area (Å²) >= 11 is 0. The van der Waals surface area contributed by atoms with Crippen LogP contribution in [0.4, 0.5) is 34.1 Å². The first-order chi connectivity index (χ1) is 18.8. The van der Waals surface area contributed by atoms with E-state index < -0.39 is 63.7 Å². The maximum atomic E-state index is 11.6. The van der Waals surface area contributed by atoms with Gasteiger partial charge in [-0.25, -0.2) is 0 Å². The molecule has 0 spiro atoms. The number of hydrogen-bond donors (Lipinski definition) is 0. The summed E-state index contributed by atoms with van der Waals surface area (Å²) in [5.41, 5.74) is -6.29.